The summed E-state index contributed by atoms with van der Waals surface area (Å²) in [6.45, 7) is 0. The van der Waals surface area contributed by atoms with Crippen molar-refractivity contribution in [2.24, 2.45) is 0 Å². The number of ether oxygens (including phenoxy) is 2. The molecule has 1 aliphatic rings. The number of aromatic amines is 1. The van der Waals surface area contributed by atoms with Crippen molar-refractivity contribution in [2.75, 3.05) is 12.4 Å². The summed E-state index contributed by atoms with van der Waals surface area (Å²) < 4.78 is 11.5. The van der Waals surface area contributed by atoms with E-state index in [1.165, 1.54) is 12.8 Å². The molecule has 1 heterocycles. The molecule has 1 aliphatic carbocycles. The highest BCUT2D eigenvalue weighted by atomic mass is 16.5. The van der Waals surface area contributed by atoms with Gasteiger partial charge in [0.2, 0.25) is 0 Å². The van der Waals surface area contributed by atoms with E-state index < -0.39 is 0 Å². The number of nitrogens with one attached hydrogen (secondary N) is 2. The highest BCUT2D eigenvalue weighted by molar-refractivity contribution is 6.06. The molecule has 4 rings (SSSR count). The van der Waals surface area contributed by atoms with Gasteiger partial charge in [0.25, 0.3) is 5.91 Å². The van der Waals surface area contributed by atoms with Gasteiger partial charge >= 0.3 is 0 Å². The van der Waals surface area contributed by atoms with E-state index >= 15 is 0 Å². The van der Waals surface area contributed by atoms with Gasteiger partial charge in [0.15, 0.2) is 11.5 Å². The zero-order valence-electron chi connectivity index (χ0n) is 14.6. The van der Waals surface area contributed by atoms with Crippen LogP contribution in [0.25, 0.3) is 11.0 Å². The average Bonchev–Trinajstić information content (AvgIpc) is 3.32. The minimum absolute atomic E-state index is 0.182. The Balaban J connectivity index is 1.53. The highest BCUT2D eigenvalue weighted by Crippen LogP contribution is 2.34. The highest BCUT2D eigenvalue weighted by Gasteiger charge is 2.19. The Kier molecular flexibility index (Phi) is 4.48. The Morgan fingerprint density at radius 2 is 2.00 bits per heavy atom. The third-order valence-corrected chi connectivity index (χ3v) is 4.70. The minimum Gasteiger partial charge on any atom is -0.493 e. The third kappa shape index (κ3) is 3.35. The first kappa shape index (κ1) is 16.4. The summed E-state index contributed by atoms with van der Waals surface area (Å²) >= 11 is 0. The van der Waals surface area contributed by atoms with Gasteiger partial charge in [-0.1, -0.05) is 0 Å². The number of hydrogen-bond donors (Lipinski definition) is 2. The summed E-state index contributed by atoms with van der Waals surface area (Å²) in [7, 11) is 1.62. The Bertz CT molecular complexity index is 929. The first-order valence-electron chi connectivity index (χ1n) is 8.82. The molecule has 1 amide bonds. The first-order valence-corrected chi connectivity index (χ1v) is 8.82. The molecule has 2 N–H and O–H groups in total. The SMILES string of the molecule is COc1ccc(NC(=O)c2ccc3nc[nH]c3c2)cc1OC1CCCC1. The van der Waals surface area contributed by atoms with Crippen LogP contribution in [-0.2, 0) is 0 Å². The summed E-state index contributed by atoms with van der Waals surface area (Å²) in [5.74, 6) is 1.16. The minimum atomic E-state index is -0.182. The molecule has 2 aromatic carbocycles. The summed E-state index contributed by atoms with van der Waals surface area (Å²) in [6, 6.07) is 10.8. The van der Waals surface area contributed by atoms with Gasteiger partial charge in [-0.15, -0.1) is 0 Å². The second kappa shape index (κ2) is 7.07. The number of fused-ring (bicyclic) bond motifs is 1. The number of aromatic nitrogens is 2. The van der Waals surface area contributed by atoms with E-state index in [1.54, 1.807) is 25.6 Å². The molecule has 0 aliphatic heterocycles. The number of rotatable bonds is 5. The summed E-state index contributed by atoms with van der Waals surface area (Å²) in [6.07, 6.45) is 6.34. The van der Waals surface area contributed by atoms with Crippen LogP contribution in [0.15, 0.2) is 42.7 Å². The van der Waals surface area contributed by atoms with E-state index in [2.05, 4.69) is 15.3 Å². The molecule has 26 heavy (non-hydrogen) atoms. The maximum Gasteiger partial charge on any atom is 0.255 e. The standard InChI is InChI=1S/C20H21N3O3/c1-25-18-9-7-14(11-19(18)26-15-4-2-3-5-15)23-20(24)13-6-8-16-17(10-13)22-12-21-16/h6-12,15H,2-5H2,1H3,(H,21,22)(H,23,24). The Morgan fingerprint density at radius 3 is 2.81 bits per heavy atom. The number of carbonyl (C=O) groups is 1. The lowest BCUT2D eigenvalue weighted by atomic mass is 10.2. The van der Waals surface area contributed by atoms with Crippen molar-refractivity contribution < 1.29 is 14.3 Å². The van der Waals surface area contributed by atoms with Gasteiger partial charge in [0.05, 0.1) is 30.6 Å². The fourth-order valence-electron chi connectivity index (χ4n) is 3.31. The van der Waals surface area contributed by atoms with Crippen LogP contribution in [-0.4, -0.2) is 29.1 Å². The van der Waals surface area contributed by atoms with Crippen LogP contribution >= 0.6 is 0 Å². The second-order valence-corrected chi connectivity index (χ2v) is 6.48. The van der Waals surface area contributed by atoms with Gasteiger partial charge in [-0.05, 0) is 56.0 Å². The first-order chi connectivity index (χ1) is 12.7. The molecule has 1 fully saturated rings. The molecule has 134 valence electrons. The number of nitrogens with zero attached hydrogens (tertiary/aromatic N) is 1. The third-order valence-electron chi connectivity index (χ3n) is 4.70. The average molecular weight is 351 g/mol. The van der Waals surface area contributed by atoms with E-state index in [-0.39, 0.29) is 12.0 Å². The smallest absolute Gasteiger partial charge is 0.255 e. The van der Waals surface area contributed by atoms with Crippen molar-refractivity contribution >= 4 is 22.6 Å². The lowest BCUT2D eigenvalue weighted by molar-refractivity contribution is 0.102. The number of hydrogen-bond acceptors (Lipinski definition) is 4. The van der Waals surface area contributed by atoms with E-state index in [0.29, 0.717) is 22.7 Å². The predicted molar refractivity (Wildman–Crippen MR) is 99.9 cm³/mol. The van der Waals surface area contributed by atoms with Crippen LogP contribution in [0.1, 0.15) is 36.0 Å². The summed E-state index contributed by atoms with van der Waals surface area (Å²) in [5, 5.41) is 2.92. The van der Waals surface area contributed by atoms with Crippen molar-refractivity contribution in [3.63, 3.8) is 0 Å². The molecule has 0 unspecified atom stereocenters. The monoisotopic (exact) mass is 351 g/mol. The Labute approximate surface area is 151 Å². The molecule has 1 aromatic heterocycles. The van der Waals surface area contributed by atoms with Gasteiger partial charge in [0.1, 0.15) is 0 Å². The molecule has 6 nitrogen and oxygen atoms in total. The number of imidazole rings is 1. The van der Waals surface area contributed by atoms with Crippen LogP contribution in [0.3, 0.4) is 0 Å². The van der Waals surface area contributed by atoms with Gasteiger partial charge in [-0.25, -0.2) is 4.98 Å². The van der Waals surface area contributed by atoms with Gasteiger partial charge in [-0.3, -0.25) is 4.79 Å². The molecule has 0 radical (unpaired) electrons. The van der Waals surface area contributed by atoms with Crippen molar-refractivity contribution in [1.82, 2.24) is 9.97 Å². The topological polar surface area (TPSA) is 76.2 Å². The van der Waals surface area contributed by atoms with Gasteiger partial charge in [0, 0.05) is 17.3 Å². The van der Waals surface area contributed by atoms with Crippen molar-refractivity contribution in [3.8, 4) is 11.5 Å². The quantitative estimate of drug-likeness (QED) is 0.724. The normalized spacial score (nSPS) is 14.5. The van der Waals surface area contributed by atoms with Crippen molar-refractivity contribution in [2.45, 2.75) is 31.8 Å². The van der Waals surface area contributed by atoms with E-state index in [9.17, 15) is 4.79 Å². The summed E-state index contributed by atoms with van der Waals surface area (Å²) in [5.41, 5.74) is 2.90. The fourth-order valence-corrected chi connectivity index (χ4v) is 3.31. The fraction of sp³-hybridized carbons (Fsp3) is 0.300. The van der Waals surface area contributed by atoms with E-state index in [1.807, 2.05) is 24.3 Å². The van der Waals surface area contributed by atoms with Crippen LogP contribution in [0.4, 0.5) is 5.69 Å². The molecule has 0 spiro atoms. The van der Waals surface area contributed by atoms with Crippen LogP contribution in [0, 0.1) is 0 Å². The number of H-pyrrole nitrogens is 1. The van der Waals surface area contributed by atoms with Gasteiger partial charge in [-0.2, -0.15) is 0 Å². The molecule has 0 atom stereocenters. The molecule has 0 bridgehead atoms. The second-order valence-electron chi connectivity index (χ2n) is 6.48. The molecule has 1 saturated carbocycles. The van der Waals surface area contributed by atoms with E-state index in [4.69, 9.17) is 9.47 Å². The number of benzene rings is 2. The van der Waals surface area contributed by atoms with Crippen molar-refractivity contribution in [1.29, 1.82) is 0 Å². The largest absolute Gasteiger partial charge is 0.493 e. The number of anilines is 1. The van der Waals surface area contributed by atoms with Crippen LogP contribution < -0.4 is 14.8 Å². The van der Waals surface area contributed by atoms with Crippen molar-refractivity contribution in [3.05, 3.63) is 48.3 Å². The number of amides is 1. The zero-order valence-corrected chi connectivity index (χ0v) is 14.6. The maximum absolute atomic E-state index is 12.6. The van der Waals surface area contributed by atoms with Gasteiger partial charge < -0.3 is 19.8 Å². The molecular weight excluding hydrogens is 330 g/mol. The molecule has 0 saturated heterocycles. The molecule has 6 heteroatoms. The number of methoxy groups -OCH3 is 1. The summed E-state index contributed by atoms with van der Waals surface area (Å²) in [4.78, 5) is 19.8. The predicted octanol–water partition coefficient (Wildman–Crippen LogP) is 4.15. The van der Waals surface area contributed by atoms with Crippen LogP contribution in [0.5, 0.6) is 11.5 Å². The Morgan fingerprint density at radius 1 is 1.15 bits per heavy atom. The maximum atomic E-state index is 12.6. The lowest BCUT2D eigenvalue weighted by Gasteiger charge is -2.17. The zero-order chi connectivity index (χ0) is 17.9. The lowest BCUT2D eigenvalue weighted by Crippen LogP contribution is -2.14. The Hall–Kier alpha value is -3.02. The molecule has 3 aromatic rings. The number of carbonyl (C=O) groups excluding carboxylic acids is 1. The molecular formula is C20H21N3O3. The van der Waals surface area contributed by atoms with E-state index in [0.717, 1.165) is 23.9 Å². The van der Waals surface area contributed by atoms with Crippen LogP contribution in [0.2, 0.25) is 0 Å².